The van der Waals surface area contributed by atoms with E-state index in [0.29, 0.717) is 13.2 Å². The van der Waals surface area contributed by atoms with Gasteiger partial charge in [-0.3, -0.25) is 4.90 Å². The quantitative estimate of drug-likeness (QED) is 0.792. The minimum atomic E-state index is -0.245. The van der Waals surface area contributed by atoms with Crippen molar-refractivity contribution >= 4 is 0 Å². The summed E-state index contributed by atoms with van der Waals surface area (Å²) in [6.07, 6.45) is 5.55. The van der Waals surface area contributed by atoms with Crippen LogP contribution in [0.1, 0.15) is 17.7 Å². The molecule has 1 unspecified atom stereocenters. The minimum Gasteiger partial charge on any atom is -0.378 e. The highest BCUT2D eigenvalue weighted by Crippen LogP contribution is 2.26. The van der Waals surface area contributed by atoms with Crippen molar-refractivity contribution in [3.8, 4) is 11.3 Å². The van der Waals surface area contributed by atoms with E-state index >= 15 is 0 Å². The molecule has 2 aromatic heterocycles. The van der Waals surface area contributed by atoms with Crippen molar-refractivity contribution in [1.29, 1.82) is 0 Å². The Labute approximate surface area is 145 Å². The Morgan fingerprint density at radius 2 is 2.12 bits per heavy atom. The average Bonchev–Trinajstić information content (AvgIpc) is 3.26. The predicted molar refractivity (Wildman–Crippen MR) is 91.2 cm³/mol. The second kappa shape index (κ2) is 6.78. The molecule has 0 saturated carbocycles. The number of halogens is 1. The van der Waals surface area contributed by atoms with Gasteiger partial charge in [0.15, 0.2) is 0 Å². The molecule has 1 saturated heterocycles. The third kappa shape index (κ3) is 3.33. The molecule has 0 spiro atoms. The van der Waals surface area contributed by atoms with E-state index in [9.17, 15) is 4.39 Å². The molecule has 4 rings (SSSR count). The third-order valence-electron chi connectivity index (χ3n) is 4.57. The highest BCUT2D eigenvalue weighted by atomic mass is 19.1. The van der Waals surface area contributed by atoms with Gasteiger partial charge in [-0.1, -0.05) is 0 Å². The fourth-order valence-corrected chi connectivity index (χ4v) is 3.09. The van der Waals surface area contributed by atoms with E-state index in [1.807, 2.05) is 24.0 Å². The maximum Gasteiger partial charge on any atom is 0.126 e. The van der Waals surface area contributed by atoms with Gasteiger partial charge in [0.2, 0.25) is 0 Å². The third-order valence-corrected chi connectivity index (χ3v) is 4.57. The van der Waals surface area contributed by atoms with E-state index < -0.39 is 0 Å². The fourth-order valence-electron chi connectivity index (χ4n) is 3.09. The molecule has 1 aromatic carbocycles. The van der Waals surface area contributed by atoms with Crippen molar-refractivity contribution in [2.75, 3.05) is 19.8 Å². The molecular weight excluding hydrogens is 321 g/mol. The van der Waals surface area contributed by atoms with Crippen LogP contribution < -0.4 is 0 Å². The summed E-state index contributed by atoms with van der Waals surface area (Å²) >= 11 is 0. The molecule has 3 heterocycles. The van der Waals surface area contributed by atoms with Crippen LogP contribution in [0.15, 0.2) is 42.9 Å². The summed E-state index contributed by atoms with van der Waals surface area (Å²) in [6, 6.07) is 6.44. The van der Waals surface area contributed by atoms with E-state index in [0.717, 1.165) is 36.0 Å². The zero-order valence-electron chi connectivity index (χ0n) is 14.0. The maximum atomic E-state index is 13.1. The van der Waals surface area contributed by atoms with Gasteiger partial charge in [0, 0.05) is 26.0 Å². The van der Waals surface area contributed by atoms with E-state index in [2.05, 4.69) is 19.9 Å². The van der Waals surface area contributed by atoms with Gasteiger partial charge in [0.25, 0.3) is 0 Å². The molecule has 6 nitrogen and oxygen atoms in total. The summed E-state index contributed by atoms with van der Waals surface area (Å²) in [6.45, 7) is 2.85. The van der Waals surface area contributed by atoms with Gasteiger partial charge >= 0.3 is 0 Å². The summed E-state index contributed by atoms with van der Waals surface area (Å²) in [5, 5.41) is 0. The molecule has 0 bridgehead atoms. The van der Waals surface area contributed by atoms with Gasteiger partial charge in [0.05, 0.1) is 37.7 Å². The SMILES string of the molecule is Cn1ccnc1CN1CCOCC1c1ncc(-c2ccc(F)cc2)[nH]1. The van der Waals surface area contributed by atoms with Crippen molar-refractivity contribution in [3.05, 3.63) is 60.3 Å². The molecule has 0 radical (unpaired) electrons. The molecule has 1 aliphatic heterocycles. The Morgan fingerprint density at radius 1 is 1.28 bits per heavy atom. The zero-order chi connectivity index (χ0) is 17.2. The lowest BCUT2D eigenvalue weighted by atomic mass is 10.2. The van der Waals surface area contributed by atoms with Gasteiger partial charge < -0.3 is 14.3 Å². The van der Waals surface area contributed by atoms with Crippen LogP contribution in [0.25, 0.3) is 11.3 Å². The topological polar surface area (TPSA) is 59.0 Å². The van der Waals surface area contributed by atoms with Gasteiger partial charge in [-0.15, -0.1) is 0 Å². The number of hydrogen-bond acceptors (Lipinski definition) is 4. The molecule has 3 aromatic rings. The first-order valence-corrected chi connectivity index (χ1v) is 8.29. The summed E-state index contributed by atoms with van der Waals surface area (Å²) in [5.41, 5.74) is 1.78. The summed E-state index contributed by atoms with van der Waals surface area (Å²) in [4.78, 5) is 14.6. The Hall–Kier alpha value is -2.51. The van der Waals surface area contributed by atoms with Gasteiger partial charge in [-0.05, 0) is 29.8 Å². The molecule has 130 valence electrons. The number of benzene rings is 1. The summed E-state index contributed by atoms with van der Waals surface area (Å²) in [5.74, 6) is 1.62. The summed E-state index contributed by atoms with van der Waals surface area (Å²) < 4.78 is 20.8. The highest BCUT2D eigenvalue weighted by Gasteiger charge is 2.28. The number of aryl methyl sites for hydroxylation is 1. The van der Waals surface area contributed by atoms with Crippen LogP contribution >= 0.6 is 0 Å². The Balaban J connectivity index is 1.56. The van der Waals surface area contributed by atoms with Gasteiger partial charge in [0.1, 0.15) is 17.5 Å². The predicted octanol–water partition coefficient (Wildman–Crippen LogP) is 2.52. The Bertz CT molecular complexity index is 841. The van der Waals surface area contributed by atoms with Crippen LogP contribution in [0.5, 0.6) is 0 Å². The van der Waals surface area contributed by atoms with Crippen LogP contribution in [0, 0.1) is 5.82 Å². The van der Waals surface area contributed by atoms with Gasteiger partial charge in [-0.25, -0.2) is 14.4 Å². The number of imidazole rings is 2. The number of aromatic nitrogens is 4. The average molecular weight is 341 g/mol. The van der Waals surface area contributed by atoms with Crippen LogP contribution in [0.2, 0.25) is 0 Å². The van der Waals surface area contributed by atoms with E-state index in [-0.39, 0.29) is 11.9 Å². The normalized spacial score (nSPS) is 18.6. The monoisotopic (exact) mass is 341 g/mol. The lowest BCUT2D eigenvalue weighted by Crippen LogP contribution is -2.40. The van der Waals surface area contributed by atoms with Crippen LogP contribution in [0.3, 0.4) is 0 Å². The van der Waals surface area contributed by atoms with E-state index in [4.69, 9.17) is 4.74 Å². The maximum absolute atomic E-state index is 13.1. The van der Waals surface area contributed by atoms with Crippen LogP contribution in [-0.2, 0) is 18.3 Å². The highest BCUT2D eigenvalue weighted by molar-refractivity contribution is 5.58. The number of nitrogens with zero attached hydrogens (tertiary/aromatic N) is 4. The van der Waals surface area contributed by atoms with Crippen molar-refractivity contribution < 1.29 is 9.13 Å². The number of rotatable bonds is 4. The molecule has 7 heteroatoms. The van der Waals surface area contributed by atoms with Crippen molar-refractivity contribution in [2.45, 2.75) is 12.6 Å². The Kier molecular flexibility index (Phi) is 4.33. The molecule has 1 atom stereocenters. The largest absolute Gasteiger partial charge is 0.378 e. The van der Waals surface area contributed by atoms with E-state index in [1.165, 1.54) is 12.1 Å². The number of hydrogen-bond donors (Lipinski definition) is 1. The smallest absolute Gasteiger partial charge is 0.126 e. The first-order valence-electron chi connectivity index (χ1n) is 8.29. The number of H-pyrrole nitrogens is 1. The number of morpholine rings is 1. The molecule has 0 amide bonds. The first-order chi connectivity index (χ1) is 12.2. The lowest BCUT2D eigenvalue weighted by molar-refractivity contribution is -0.0170. The fraction of sp³-hybridized carbons (Fsp3) is 0.333. The van der Waals surface area contributed by atoms with E-state index in [1.54, 1.807) is 18.3 Å². The zero-order valence-corrected chi connectivity index (χ0v) is 14.0. The van der Waals surface area contributed by atoms with Crippen LogP contribution in [0.4, 0.5) is 4.39 Å². The number of nitrogens with one attached hydrogen (secondary N) is 1. The molecule has 0 aliphatic carbocycles. The molecular formula is C18H20FN5O. The first kappa shape index (κ1) is 16.0. The second-order valence-corrected chi connectivity index (χ2v) is 6.20. The van der Waals surface area contributed by atoms with Crippen molar-refractivity contribution in [3.63, 3.8) is 0 Å². The van der Waals surface area contributed by atoms with Crippen molar-refractivity contribution in [1.82, 2.24) is 24.4 Å². The minimum absolute atomic E-state index is 0.0413. The number of ether oxygens (including phenoxy) is 1. The van der Waals surface area contributed by atoms with Crippen molar-refractivity contribution in [2.24, 2.45) is 7.05 Å². The molecule has 25 heavy (non-hydrogen) atoms. The second-order valence-electron chi connectivity index (χ2n) is 6.20. The summed E-state index contributed by atoms with van der Waals surface area (Å²) in [7, 11) is 2.00. The number of aromatic amines is 1. The molecule has 1 N–H and O–H groups in total. The van der Waals surface area contributed by atoms with Gasteiger partial charge in [-0.2, -0.15) is 0 Å². The lowest BCUT2D eigenvalue weighted by Gasteiger charge is -2.34. The molecule has 1 fully saturated rings. The molecule has 1 aliphatic rings. The standard InChI is InChI=1S/C18H20FN5O/c1-23-7-6-20-17(23)11-24-8-9-25-12-16(24)18-21-10-15(22-18)13-2-4-14(19)5-3-13/h2-7,10,16H,8-9,11-12H2,1H3,(H,21,22). The Morgan fingerprint density at radius 3 is 2.88 bits per heavy atom. The van der Waals surface area contributed by atoms with Crippen LogP contribution in [-0.4, -0.2) is 44.2 Å².